The third-order valence-corrected chi connectivity index (χ3v) is 7.48. The summed E-state index contributed by atoms with van der Waals surface area (Å²) in [6.45, 7) is 4.94. The van der Waals surface area contributed by atoms with Gasteiger partial charge in [0.25, 0.3) is 0 Å². The summed E-state index contributed by atoms with van der Waals surface area (Å²) in [6, 6.07) is 17.1. The van der Waals surface area contributed by atoms with E-state index in [1.54, 1.807) is 6.92 Å². The molecule has 6 heteroatoms. The molecule has 2 heterocycles. The summed E-state index contributed by atoms with van der Waals surface area (Å²) in [6.07, 6.45) is 3.46. The molecule has 0 amide bonds. The third kappa shape index (κ3) is 4.82. The number of fused-ring (bicyclic) bond motifs is 1. The van der Waals surface area contributed by atoms with Gasteiger partial charge in [-0.3, -0.25) is 4.90 Å². The molecule has 2 aliphatic rings. The molecule has 5 nitrogen and oxygen atoms in total. The molecular weight excluding hydrogens is 384 g/mol. The van der Waals surface area contributed by atoms with Crippen LogP contribution in [0.15, 0.2) is 48.5 Å². The van der Waals surface area contributed by atoms with Gasteiger partial charge in [-0.25, -0.2) is 13.1 Å². The summed E-state index contributed by atoms with van der Waals surface area (Å²) in [5.74, 6) is 1.36. The molecule has 1 N–H and O–H groups in total. The summed E-state index contributed by atoms with van der Waals surface area (Å²) in [5.41, 5.74) is 3.50. The molecule has 4 rings (SSSR count). The van der Waals surface area contributed by atoms with E-state index in [2.05, 4.69) is 46.0 Å². The van der Waals surface area contributed by atoms with Crippen LogP contribution in [0.3, 0.4) is 0 Å². The zero-order chi connectivity index (χ0) is 20.3. The van der Waals surface area contributed by atoms with Crippen LogP contribution in [0, 0.1) is 0 Å². The average molecular weight is 415 g/mol. The number of ether oxygens (including phenoxy) is 1. The quantitative estimate of drug-likeness (QED) is 0.755. The Morgan fingerprint density at radius 3 is 2.55 bits per heavy atom. The lowest BCUT2D eigenvalue weighted by molar-refractivity contribution is 0.116. The van der Waals surface area contributed by atoms with Crippen LogP contribution in [0.4, 0.5) is 0 Å². The first-order valence-corrected chi connectivity index (χ1v) is 12.2. The van der Waals surface area contributed by atoms with Crippen LogP contribution in [0.5, 0.6) is 5.75 Å². The molecule has 2 atom stereocenters. The van der Waals surface area contributed by atoms with Gasteiger partial charge in [-0.15, -0.1) is 0 Å². The van der Waals surface area contributed by atoms with Crippen LogP contribution >= 0.6 is 0 Å². The predicted octanol–water partition coefficient (Wildman–Crippen LogP) is 3.31. The van der Waals surface area contributed by atoms with Crippen LogP contribution in [0.1, 0.15) is 42.4 Å². The zero-order valence-electron chi connectivity index (χ0n) is 17.0. The van der Waals surface area contributed by atoms with Crippen molar-refractivity contribution in [2.45, 2.75) is 44.7 Å². The molecule has 0 spiro atoms. The highest BCUT2D eigenvalue weighted by Gasteiger charge is 2.36. The van der Waals surface area contributed by atoms with Crippen molar-refractivity contribution < 1.29 is 13.2 Å². The Kier molecular flexibility index (Phi) is 6.23. The van der Waals surface area contributed by atoms with Gasteiger partial charge in [0.2, 0.25) is 10.0 Å². The Hall–Kier alpha value is -1.89. The van der Waals surface area contributed by atoms with Crippen LogP contribution in [-0.2, 0) is 23.0 Å². The lowest BCUT2D eigenvalue weighted by atomic mass is 9.82. The largest absolute Gasteiger partial charge is 0.492 e. The topological polar surface area (TPSA) is 58.6 Å². The number of likely N-dealkylation sites (tertiary alicyclic amines) is 1. The van der Waals surface area contributed by atoms with Crippen molar-refractivity contribution in [2.24, 2.45) is 0 Å². The van der Waals surface area contributed by atoms with Gasteiger partial charge < -0.3 is 4.74 Å². The highest BCUT2D eigenvalue weighted by atomic mass is 32.2. The second-order valence-corrected chi connectivity index (χ2v) is 10.1. The second-order valence-electron chi connectivity index (χ2n) is 8.01. The van der Waals surface area contributed by atoms with E-state index in [0.717, 1.165) is 30.8 Å². The minimum atomic E-state index is -3.21. The Morgan fingerprint density at radius 2 is 1.83 bits per heavy atom. The number of rotatable bonds is 7. The molecule has 0 aromatic heterocycles. The van der Waals surface area contributed by atoms with E-state index >= 15 is 0 Å². The molecule has 2 aromatic rings. The summed E-state index contributed by atoms with van der Waals surface area (Å²) in [5, 5.41) is 0. The van der Waals surface area contributed by atoms with Gasteiger partial charge in [-0.1, -0.05) is 42.5 Å². The fourth-order valence-corrected chi connectivity index (χ4v) is 5.06. The predicted molar refractivity (Wildman–Crippen MR) is 116 cm³/mol. The van der Waals surface area contributed by atoms with Crippen molar-refractivity contribution in [3.8, 4) is 5.75 Å². The standard InChI is InChI=1S/C23H30N2O3S/c1-2-29(26,27)24-16-19-10-11-23-21(15-19)20(14-18-8-4-3-5-9-18)22(17-28-23)25-12-6-7-13-25/h3-5,8-11,15,20,22,24H,2,6-7,12-14,16-17H2,1H3/t20-,22+/m0/s1. The van der Waals surface area contributed by atoms with Gasteiger partial charge in [0, 0.05) is 12.5 Å². The molecule has 1 fully saturated rings. The molecule has 2 aromatic carbocycles. The number of hydrogen-bond donors (Lipinski definition) is 1. The molecule has 0 bridgehead atoms. The molecule has 0 saturated carbocycles. The number of sulfonamides is 1. The first-order chi connectivity index (χ1) is 14.1. The van der Waals surface area contributed by atoms with E-state index in [9.17, 15) is 8.42 Å². The minimum Gasteiger partial charge on any atom is -0.492 e. The molecule has 156 valence electrons. The van der Waals surface area contributed by atoms with Crippen LogP contribution in [0.25, 0.3) is 0 Å². The van der Waals surface area contributed by atoms with Crippen molar-refractivity contribution in [3.05, 3.63) is 65.2 Å². The number of hydrogen-bond acceptors (Lipinski definition) is 4. The lowest BCUT2D eigenvalue weighted by Crippen LogP contribution is -2.45. The van der Waals surface area contributed by atoms with E-state index in [4.69, 9.17) is 4.74 Å². The SMILES string of the molecule is CCS(=O)(=O)NCc1ccc2c(c1)[C@H](Cc1ccccc1)[C@H](N1CCCC1)CO2. The lowest BCUT2D eigenvalue weighted by Gasteiger charge is -2.39. The maximum Gasteiger partial charge on any atom is 0.211 e. The Bertz CT molecular complexity index is 924. The van der Waals surface area contributed by atoms with Crippen LogP contribution < -0.4 is 9.46 Å². The second kappa shape index (κ2) is 8.86. The summed E-state index contributed by atoms with van der Waals surface area (Å²) < 4.78 is 32.5. The number of nitrogens with zero attached hydrogens (tertiary/aromatic N) is 1. The molecule has 0 aliphatic carbocycles. The van der Waals surface area contributed by atoms with Crippen molar-refractivity contribution in [2.75, 3.05) is 25.4 Å². The molecule has 0 radical (unpaired) electrons. The number of benzene rings is 2. The van der Waals surface area contributed by atoms with E-state index in [-0.39, 0.29) is 5.75 Å². The van der Waals surface area contributed by atoms with Crippen LogP contribution in [-0.4, -0.2) is 44.8 Å². The molecule has 29 heavy (non-hydrogen) atoms. The van der Waals surface area contributed by atoms with Crippen LogP contribution in [0.2, 0.25) is 0 Å². The Morgan fingerprint density at radius 1 is 1.07 bits per heavy atom. The van der Waals surface area contributed by atoms with E-state index in [1.165, 1.54) is 24.0 Å². The van der Waals surface area contributed by atoms with Gasteiger partial charge >= 0.3 is 0 Å². The van der Waals surface area contributed by atoms with E-state index in [0.29, 0.717) is 25.1 Å². The summed E-state index contributed by atoms with van der Waals surface area (Å²) in [7, 11) is -3.21. The first-order valence-electron chi connectivity index (χ1n) is 10.6. The average Bonchev–Trinajstić information content (AvgIpc) is 3.28. The van der Waals surface area contributed by atoms with Gasteiger partial charge in [0.1, 0.15) is 12.4 Å². The first kappa shape index (κ1) is 20.4. The van der Waals surface area contributed by atoms with Crippen molar-refractivity contribution in [3.63, 3.8) is 0 Å². The maximum atomic E-state index is 11.9. The highest BCUT2D eigenvalue weighted by molar-refractivity contribution is 7.89. The van der Waals surface area contributed by atoms with Crippen molar-refractivity contribution in [1.82, 2.24) is 9.62 Å². The minimum absolute atomic E-state index is 0.0920. The Balaban J connectivity index is 1.63. The van der Waals surface area contributed by atoms with E-state index < -0.39 is 10.0 Å². The maximum absolute atomic E-state index is 11.9. The number of nitrogens with one attached hydrogen (secondary N) is 1. The van der Waals surface area contributed by atoms with Gasteiger partial charge in [-0.05, 0) is 62.0 Å². The normalized spacial score (nSPS) is 22.2. The fraction of sp³-hybridized carbons (Fsp3) is 0.478. The molecule has 1 saturated heterocycles. The summed E-state index contributed by atoms with van der Waals surface area (Å²) in [4.78, 5) is 2.57. The molecule has 0 unspecified atom stereocenters. The Labute approximate surface area is 174 Å². The van der Waals surface area contributed by atoms with Gasteiger partial charge in [0.15, 0.2) is 0 Å². The zero-order valence-corrected chi connectivity index (χ0v) is 17.8. The van der Waals surface area contributed by atoms with Crippen molar-refractivity contribution in [1.29, 1.82) is 0 Å². The summed E-state index contributed by atoms with van der Waals surface area (Å²) >= 11 is 0. The fourth-order valence-electron chi connectivity index (χ4n) is 4.47. The third-order valence-electron chi connectivity index (χ3n) is 6.13. The van der Waals surface area contributed by atoms with Gasteiger partial charge in [-0.2, -0.15) is 0 Å². The highest BCUT2D eigenvalue weighted by Crippen LogP contribution is 2.39. The van der Waals surface area contributed by atoms with E-state index in [1.807, 2.05) is 12.1 Å². The molecular formula is C23H30N2O3S. The monoisotopic (exact) mass is 414 g/mol. The van der Waals surface area contributed by atoms with Crippen molar-refractivity contribution >= 4 is 10.0 Å². The smallest absolute Gasteiger partial charge is 0.211 e. The molecule has 2 aliphatic heterocycles. The van der Waals surface area contributed by atoms with Gasteiger partial charge in [0.05, 0.1) is 11.8 Å².